The summed E-state index contributed by atoms with van der Waals surface area (Å²) >= 11 is 0. The molecule has 3 heteroatoms. The Kier molecular flexibility index (Phi) is 5.37. The van der Waals surface area contributed by atoms with Crippen LogP contribution in [0.3, 0.4) is 0 Å². The SMILES string of the molecule is Cc1ccc(C(O)CNCCc2ccc(O)cc2)cc1C. The molecule has 1 atom stereocenters. The Bertz CT molecular complexity index is 578. The third-order valence-electron chi connectivity index (χ3n) is 3.78. The fourth-order valence-electron chi connectivity index (χ4n) is 2.22. The maximum Gasteiger partial charge on any atom is 0.115 e. The van der Waals surface area contributed by atoms with Crippen molar-refractivity contribution in [3.63, 3.8) is 0 Å². The van der Waals surface area contributed by atoms with Crippen molar-refractivity contribution < 1.29 is 10.2 Å². The van der Waals surface area contributed by atoms with Crippen LogP contribution in [0.2, 0.25) is 0 Å². The van der Waals surface area contributed by atoms with Crippen LogP contribution in [0.15, 0.2) is 42.5 Å². The summed E-state index contributed by atoms with van der Waals surface area (Å²) in [6.07, 6.45) is 0.393. The van der Waals surface area contributed by atoms with Crippen LogP contribution in [0, 0.1) is 13.8 Å². The summed E-state index contributed by atoms with van der Waals surface area (Å²) in [7, 11) is 0. The largest absolute Gasteiger partial charge is 0.508 e. The lowest BCUT2D eigenvalue weighted by atomic mass is 10.0. The first-order chi connectivity index (χ1) is 10.1. The number of aliphatic hydroxyl groups is 1. The van der Waals surface area contributed by atoms with Gasteiger partial charge < -0.3 is 15.5 Å². The van der Waals surface area contributed by atoms with Gasteiger partial charge in [0.25, 0.3) is 0 Å². The first kappa shape index (κ1) is 15.5. The molecule has 112 valence electrons. The molecule has 0 aliphatic rings. The maximum absolute atomic E-state index is 10.2. The Morgan fingerprint density at radius 3 is 2.38 bits per heavy atom. The molecular formula is C18H23NO2. The average molecular weight is 285 g/mol. The predicted octanol–water partition coefficient (Wildman–Crippen LogP) is 2.87. The van der Waals surface area contributed by atoms with Crippen molar-refractivity contribution >= 4 is 0 Å². The maximum atomic E-state index is 10.2. The zero-order valence-electron chi connectivity index (χ0n) is 12.6. The molecule has 3 N–H and O–H groups in total. The van der Waals surface area contributed by atoms with Crippen LogP contribution < -0.4 is 5.32 Å². The van der Waals surface area contributed by atoms with Gasteiger partial charge >= 0.3 is 0 Å². The molecule has 0 heterocycles. The minimum Gasteiger partial charge on any atom is -0.508 e. The normalized spacial score (nSPS) is 12.3. The van der Waals surface area contributed by atoms with Gasteiger partial charge in [-0.1, -0.05) is 30.3 Å². The highest BCUT2D eigenvalue weighted by Crippen LogP contribution is 2.16. The van der Waals surface area contributed by atoms with E-state index in [1.165, 1.54) is 16.7 Å². The summed E-state index contributed by atoms with van der Waals surface area (Å²) in [4.78, 5) is 0. The third-order valence-corrected chi connectivity index (χ3v) is 3.78. The van der Waals surface area contributed by atoms with Gasteiger partial charge in [0.15, 0.2) is 0 Å². The van der Waals surface area contributed by atoms with Gasteiger partial charge in [0, 0.05) is 6.54 Å². The van der Waals surface area contributed by atoms with Crippen molar-refractivity contribution in [3.8, 4) is 5.75 Å². The molecule has 0 aliphatic heterocycles. The molecule has 2 rings (SSSR count). The predicted molar refractivity (Wildman–Crippen MR) is 85.6 cm³/mol. The van der Waals surface area contributed by atoms with Crippen molar-refractivity contribution in [2.24, 2.45) is 0 Å². The zero-order valence-corrected chi connectivity index (χ0v) is 12.6. The van der Waals surface area contributed by atoms with E-state index in [0.717, 1.165) is 18.5 Å². The molecule has 0 saturated carbocycles. The van der Waals surface area contributed by atoms with E-state index in [-0.39, 0.29) is 5.75 Å². The number of phenols is 1. The fourth-order valence-corrected chi connectivity index (χ4v) is 2.22. The second-order valence-electron chi connectivity index (χ2n) is 5.48. The van der Waals surface area contributed by atoms with Crippen LogP contribution in [-0.4, -0.2) is 23.3 Å². The van der Waals surface area contributed by atoms with Crippen LogP contribution in [0.4, 0.5) is 0 Å². The van der Waals surface area contributed by atoms with Crippen LogP contribution >= 0.6 is 0 Å². The van der Waals surface area contributed by atoms with Gasteiger partial charge in [0.2, 0.25) is 0 Å². The summed E-state index contributed by atoms with van der Waals surface area (Å²) in [6, 6.07) is 13.3. The van der Waals surface area contributed by atoms with Gasteiger partial charge in [-0.2, -0.15) is 0 Å². The monoisotopic (exact) mass is 285 g/mol. The van der Waals surface area contributed by atoms with Crippen LogP contribution in [-0.2, 0) is 6.42 Å². The first-order valence-electron chi connectivity index (χ1n) is 7.30. The smallest absolute Gasteiger partial charge is 0.115 e. The van der Waals surface area contributed by atoms with E-state index in [2.05, 4.69) is 19.2 Å². The van der Waals surface area contributed by atoms with E-state index in [1.54, 1.807) is 12.1 Å². The molecular weight excluding hydrogens is 262 g/mol. The number of hydrogen-bond donors (Lipinski definition) is 3. The summed E-state index contributed by atoms with van der Waals surface area (Å²) < 4.78 is 0. The zero-order chi connectivity index (χ0) is 15.2. The highest BCUT2D eigenvalue weighted by molar-refractivity contribution is 5.31. The number of hydrogen-bond acceptors (Lipinski definition) is 3. The number of aryl methyl sites for hydroxylation is 2. The molecule has 2 aromatic carbocycles. The molecule has 0 aliphatic carbocycles. The number of rotatable bonds is 6. The van der Waals surface area contributed by atoms with Gasteiger partial charge in [-0.15, -0.1) is 0 Å². The standard InChI is InChI=1S/C18H23NO2/c1-13-3-6-16(11-14(13)2)18(21)12-19-10-9-15-4-7-17(20)8-5-15/h3-8,11,18-21H,9-10,12H2,1-2H3. The van der Waals surface area contributed by atoms with Crippen molar-refractivity contribution in [2.45, 2.75) is 26.4 Å². The molecule has 2 aromatic rings. The molecule has 0 aromatic heterocycles. The Hall–Kier alpha value is -1.84. The highest BCUT2D eigenvalue weighted by Gasteiger charge is 2.07. The van der Waals surface area contributed by atoms with E-state index in [1.807, 2.05) is 30.3 Å². The van der Waals surface area contributed by atoms with Crippen LogP contribution in [0.5, 0.6) is 5.75 Å². The van der Waals surface area contributed by atoms with Crippen molar-refractivity contribution in [2.75, 3.05) is 13.1 Å². The summed E-state index contributed by atoms with van der Waals surface area (Å²) in [5.41, 5.74) is 4.57. The van der Waals surface area contributed by atoms with Crippen molar-refractivity contribution in [3.05, 3.63) is 64.7 Å². The number of nitrogens with one attached hydrogen (secondary N) is 1. The quantitative estimate of drug-likeness (QED) is 0.715. The van der Waals surface area contributed by atoms with Crippen LogP contribution in [0.1, 0.15) is 28.4 Å². The summed E-state index contributed by atoms with van der Waals surface area (Å²) in [6.45, 7) is 5.47. The van der Waals surface area contributed by atoms with Crippen LogP contribution in [0.25, 0.3) is 0 Å². The molecule has 1 unspecified atom stereocenters. The van der Waals surface area contributed by atoms with E-state index < -0.39 is 6.10 Å². The minimum atomic E-state index is -0.482. The minimum absolute atomic E-state index is 0.289. The van der Waals surface area contributed by atoms with E-state index in [9.17, 15) is 10.2 Å². The molecule has 0 fully saturated rings. The second kappa shape index (κ2) is 7.25. The average Bonchev–Trinajstić information content (AvgIpc) is 2.48. The van der Waals surface area contributed by atoms with Gasteiger partial charge in [-0.05, 0) is 61.2 Å². The Labute approximate surface area is 126 Å². The Balaban J connectivity index is 1.77. The Morgan fingerprint density at radius 1 is 1.00 bits per heavy atom. The molecule has 0 bridgehead atoms. The number of aliphatic hydroxyl groups excluding tert-OH is 1. The summed E-state index contributed by atoms with van der Waals surface area (Å²) in [5, 5.41) is 22.7. The number of phenolic OH excluding ortho intramolecular Hbond substituents is 1. The van der Waals surface area contributed by atoms with Gasteiger partial charge in [-0.3, -0.25) is 0 Å². The third kappa shape index (κ3) is 4.59. The van der Waals surface area contributed by atoms with Gasteiger partial charge in [0.05, 0.1) is 6.10 Å². The van der Waals surface area contributed by atoms with Crippen molar-refractivity contribution in [1.82, 2.24) is 5.32 Å². The molecule has 0 radical (unpaired) electrons. The lowest BCUT2D eigenvalue weighted by Gasteiger charge is -2.14. The molecule has 3 nitrogen and oxygen atoms in total. The van der Waals surface area contributed by atoms with Gasteiger partial charge in [0.1, 0.15) is 5.75 Å². The van der Waals surface area contributed by atoms with Gasteiger partial charge in [-0.25, -0.2) is 0 Å². The van der Waals surface area contributed by atoms with E-state index in [0.29, 0.717) is 6.54 Å². The lowest BCUT2D eigenvalue weighted by Crippen LogP contribution is -2.23. The topological polar surface area (TPSA) is 52.5 Å². The van der Waals surface area contributed by atoms with E-state index >= 15 is 0 Å². The Morgan fingerprint density at radius 2 is 1.71 bits per heavy atom. The molecule has 0 amide bonds. The molecule has 0 spiro atoms. The van der Waals surface area contributed by atoms with E-state index in [4.69, 9.17) is 0 Å². The van der Waals surface area contributed by atoms with Crippen molar-refractivity contribution in [1.29, 1.82) is 0 Å². The first-order valence-corrected chi connectivity index (χ1v) is 7.30. The summed E-state index contributed by atoms with van der Waals surface area (Å²) in [5.74, 6) is 0.289. The second-order valence-corrected chi connectivity index (χ2v) is 5.48. The number of aromatic hydroxyl groups is 1. The highest BCUT2D eigenvalue weighted by atomic mass is 16.3. The molecule has 0 saturated heterocycles. The lowest BCUT2D eigenvalue weighted by molar-refractivity contribution is 0.175. The number of benzene rings is 2. The molecule has 21 heavy (non-hydrogen) atoms. The fraction of sp³-hybridized carbons (Fsp3) is 0.333.